The number of hydrogen-bond donors (Lipinski definition) is 0. The van der Waals surface area contributed by atoms with Crippen LogP contribution in [0.25, 0.3) is 0 Å². The maximum atomic E-state index is 10.9. The summed E-state index contributed by atoms with van der Waals surface area (Å²) in [6.45, 7) is 0.773. The Morgan fingerprint density at radius 2 is 1.69 bits per heavy atom. The second kappa shape index (κ2) is 5.64. The van der Waals surface area contributed by atoms with E-state index in [0.29, 0.717) is 13.1 Å². The number of likely N-dealkylation sites (N-methyl/N-ethyl adjacent to an activating group) is 2. The van der Waals surface area contributed by atoms with Gasteiger partial charge >= 0.3 is 11.5 Å². The molecule has 76 valence electrons. The molecule has 2 amide bonds. The molecule has 0 spiro atoms. The van der Waals surface area contributed by atoms with Crippen LogP contribution in [0, 0.1) is 0 Å². The first-order valence-corrected chi connectivity index (χ1v) is 4.06. The van der Waals surface area contributed by atoms with Crippen molar-refractivity contribution in [3.8, 4) is 0 Å². The Bertz CT molecular complexity index is 198. The van der Waals surface area contributed by atoms with Crippen molar-refractivity contribution in [3.63, 3.8) is 0 Å². The van der Waals surface area contributed by atoms with E-state index in [4.69, 9.17) is 11.6 Å². The van der Waals surface area contributed by atoms with E-state index in [2.05, 4.69) is 4.74 Å². The van der Waals surface area contributed by atoms with E-state index in [1.54, 1.807) is 14.1 Å². The summed E-state index contributed by atoms with van der Waals surface area (Å²) in [5.41, 5.74) is 0. The summed E-state index contributed by atoms with van der Waals surface area (Å²) in [6, 6.07) is 0. The highest BCUT2D eigenvalue weighted by Gasteiger charge is 2.10. The van der Waals surface area contributed by atoms with E-state index in [1.165, 1.54) is 16.9 Å². The van der Waals surface area contributed by atoms with Crippen LogP contribution in [0.4, 0.5) is 9.59 Å². The smallest absolute Gasteiger partial charge is 0.409 e. The number of methoxy groups -OCH3 is 1. The van der Waals surface area contributed by atoms with Crippen LogP contribution in [0.3, 0.4) is 0 Å². The molecule has 0 radical (unpaired) electrons. The largest absolute Gasteiger partial charge is 0.453 e. The zero-order valence-electron chi connectivity index (χ0n) is 7.91. The summed E-state index contributed by atoms with van der Waals surface area (Å²) in [7, 11) is 4.44. The van der Waals surface area contributed by atoms with Gasteiger partial charge in [0.2, 0.25) is 0 Å². The van der Waals surface area contributed by atoms with Gasteiger partial charge in [0.05, 0.1) is 7.11 Å². The molecule has 0 aromatic heterocycles. The quantitative estimate of drug-likeness (QED) is 0.513. The number of amides is 2. The average molecular weight is 209 g/mol. The molecule has 0 aromatic rings. The van der Waals surface area contributed by atoms with Crippen LogP contribution in [0.2, 0.25) is 0 Å². The second-order valence-electron chi connectivity index (χ2n) is 2.57. The monoisotopic (exact) mass is 208 g/mol. The fourth-order valence-corrected chi connectivity index (χ4v) is 0.720. The van der Waals surface area contributed by atoms with Crippen molar-refractivity contribution in [2.45, 2.75) is 0 Å². The lowest BCUT2D eigenvalue weighted by atomic mass is 10.5. The Hall–Kier alpha value is -0.970. The molecule has 0 N–H and O–H groups in total. The molecule has 6 heteroatoms. The maximum absolute atomic E-state index is 10.9. The number of carbonyl (C=O) groups is 2. The normalized spacial score (nSPS) is 9.23. The Morgan fingerprint density at radius 3 is 2.08 bits per heavy atom. The summed E-state index contributed by atoms with van der Waals surface area (Å²) >= 11 is 5.18. The van der Waals surface area contributed by atoms with Gasteiger partial charge in [-0.05, 0) is 11.6 Å². The molecule has 0 rings (SSSR count). The van der Waals surface area contributed by atoms with Crippen LogP contribution in [0.15, 0.2) is 0 Å². The van der Waals surface area contributed by atoms with E-state index in [1.807, 2.05) is 0 Å². The fourth-order valence-electron chi connectivity index (χ4n) is 0.635. The van der Waals surface area contributed by atoms with E-state index in [9.17, 15) is 9.59 Å². The van der Waals surface area contributed by atoms with Gasteiger partial charge in [-0.2, -0.15) is 0 Å². The van der Waals surface area contributed by atoms with Crippen molar-refractivity contribution < 1.29 is 14.3 Å². The summed E-state index contributed by atoms with van der Waals surface area (Å²) in [5, 5.41) is -0.543. The molecule has 0 aliphatic rings. The van der Waals surface area contributed by atoms with Crippen molar-refractivity contribution in [3.05, 3.63) is 0 Å². The van der Waals surface area contributed by atoms with E-state index in [0.717, 1.165) is 0 Å². The minimum atomic E-state index is -0.543. The highest BCUT2D eigenvalue weighted by atomic mass is 35.5. The maximum Gasteiger partial charge on any atom is 0.409 e. The molecular weight excluding hydrogens is 196 g/mol. The standard InChI is InChI=1S/C7H13ClN2O3/c1-9(6(8)11)4-5-10(2)7(12)13-3/h4-5H2,1-3H3. The molecule has 5 nitrogen and oxygen atoms in total. The molecule has 0 aliphatic carbocycles. The number of rotatable bonds is 3. The summed E-state index contributed by atoms with van der Waals surface area (Å²) in [6.07, 6.45) is -0.435. The molecule has 0 saturated carbocycles. The molecule has 0 unspecified atom stereocenters. The Balaban J connectivity index is 3.76. The van der Waals surface area contributed by atoms with Gasteiger partial charge in [-0.25, -0.2) is 4.79 Å². The molecule has 0 atom stereocenters. The lowest BCUT2D eigenvalue weighted by Crippen LogP contribution is -2.35. The second-order valence-corrected chi connectivity index (χ2v) is 2.89. The number of carbonyl (C=O) groups excluding carboxylic acids is 2. The summed E-state index contributed by atoms with van der Waals surface area (Å²) in [5.74, 6) is 0. The van der Waals surface area contributed by atoms with Crippen LogP contribution >= 0.6 is 11.6 Å². The molecule has 0 fully saturated rings. The van der Waals surface area contributed by atoms with E-state index >= 15 is 0 Å². The van der Waals surface area contributed by atoms with E-state index in [-0.39, 0.29) is 0 Å². The third-order valence-electron chi connectivity index (χ3n) is 1.56. The predicted octanol–water partition coefficient (Wildman–Crippen LogP) is 0.975. The van der Waals surface area contributed by atoms with Gasteiger partial charge in [-0.3, -0.25) is 4.79 Å². The Labute approximate surface area is 82.2 Å². The lowest BCUT2D eigenvalue weighted by Gasteiger charge is -2.19. The van der Waals surface area contributed by atoms with Gasteiger partial charge in [-0.1, -0.05) is 0 Å². The van der Waals surface area contributed by atoms with Gasteiger partial charge in [0, 0.05) is 27.2 Å². The first-order chi connectivity index (χ1) is 5.99. The van der Waals surface area contributed by atoms with Gasteiger partial charge in [0.1, 0.15) is 0 Å². The summed E-state index contributed by atoms with van der Waals surface area (Å²) < 4.78 is 4.46. The van der Waals surface area contributed by atoms with Crippen LogP contribution in [-0.2, 0) is 4.74 Å². The topological polar surface area (TPSA) is 49.9 Å². The van der Waals surface area contributed by atoms with Crippen molar-refractivity contribution in [2.24, 2.45) is 0 Å². The minimum Gasteiger partial charge on any atom is -0.453 e. The lowest BCUT2D eigenvalue weighted by molar-refractivity contribution is 0.130. The molecule has 13 heavy (non-hydrogen) atoms. The van der Waals surface area contributed by atoms with Gasteiger partial charge in [-0.15, -0.1) is 0 Å². The Kier molecular flexibility index (Phi) is 5.22. The van der Waals surface area contributed by atoms with Gasteiger partial charge < -0.3 is 14.5 Å². The molecule has 0 saturated heterocycles. The zero-order valence-corrected chi connectivity index (χ0v) is 8.67. The first kappa shape index (κ1) is 12.0. The number of nitrogens with zero attached hydrogens (tertiary/aromatic N) is 2. The third kappa shape index (κ3) is 4.57. The van der Waals surface area contributed by atoms with Gasteiger partial charge in [0.15, 0.2) is 0 Å². The molecule has 0 aliphatic heterocycles. The van der Waals surface area contributed by atoms with Gasteiger partial charge in [0.25, 0.3) is 0 Å². The number of hydrogen-bond acceptors (Lipinski definition) is 3. The SMILES string of the molecule is COC(=O)N(C)CCN(C)C(=O)Cl. The van der Waals surface area contributed by atoms with Crippen LogP contribution in [0.1, 0.15) is 0 Å². The number of ether oxygens (including phenoxy) is 1. The van der Waals surface area contributed by atoms with Crippen molar-refractivity contribution in [2.75, 3.05) is 34.3 Å². The zero-order chi connectivity index (χ0) is 10.4. The van der Waals surface area contributed by atoms with E-state index < -0.39 is 11.5 Å². The molecular formula is C7H13ClN2O3. The highest BCUT2D eigenvalue weighted by molar-refractivity contribution is 6.62. The summed E-state index contributed by atoms with van der Waals surface area (Å²) in [4.78, 5) is 24.1. The first-order valence-electron chi connectivity index (χ1n) is 3.68. The number of halogens is 1. The third-order valence-corrected chi connectivity index (χ3v) is 1.85. The minimum absolute atomic E-state index is 0.383. The van der Waals surface area contributed by atoms with Crippen molar-refractivity contribution >= 4 is 23.1 Å². The Morgan fingerprint density at radius 1 is 1.23 bits per heavy atom. The van der Waals surface area contributed by atoms with Crippen LogP contribution in [0.5, 0.6) is 0 Å². The van der Waals surface area contributed by atoms with Crippen molar-refractivity contribution in [1.29, 1.82) is 0 Å². The van der Waals surface area contributed by atoms with Crippen LogP contribution in [-0.4, -0.2) is 55.6 Å². The fraction of sp³-hybridized carbons (Fsp3) is 0.714. The molecule has 0 bridgehead atoms. The molecule has 0 aromatic carbocycles. The van der Waals surface area contributed by atoms with Crippen molar-refractivity contribution in [1.82, 2.24) is 9.80 Å². The van der Waals surface area contributed by atoms with Crippen LogP contribution < -0.4 is 0 Å². The predicted molar refractivity (Wildman–Crippen MR) is 48.9 cm³/mol. The molecule has 0 heterocycles. The average Bonchev–Trinajstić information content (AvgIpc) is 2.11. The highest BCUT2D eigenvalue weighted by Crippen LogP contribution is 1.94.